The summed E-state index contributed by atoms with van der Waals surface area (Å²) in [7, 11) is 0. The number of hydrogen-bond acceptors (Lipinski definition) is 4. The molecule has 2 aliphatic heterocycles. The van der Waals surface area contributed by atoms with Gasteiger partial charge in [0.25, 0.3) is 0 Å². The summed E-state index contributed by atoms with van der Waals surface area (Å²) in [4.78, 5) is 26.8. The average Bonchev–Trinajstić information content (AvgIpc) is 3.20. The number of hydrogen-bond donors (Lipinski definition) is 1. The van der Waals surface area contributed by atoms with E-state index in [-0.39, 0.29) is 24.7 Å². The Hall–Kier alpha value is -2.21. The zero-order valence-electron chi connectivity index (χ0n) is 16.9. The van der Waals surface area contributed by atoms with Crippen molar-refractivity contribution >= 4 is 17.5 Å². The van der Waals surface area contributed by atoms with Crippen LogP contribution in [0.3, 0.4) is 0 Å². The molecule has 2 aliphatic rings. The Morgan fingerprint density at radius 2 is 2.00 bits per heavy atom. The van der Waals surface area contributed by atoms with E-state index >= 15 is 0 Å². The number of rotatable bonds is 8. The van der Waals surface area contributed by atoms with Crippen LogP contribution in [0.25, 0.3) is 0 Å². The molecule has 0 saturated carbocycles. The van der Waals surface area contributed by atoms with Crippen LogP contribution in [0.1, 0.15) is 51.0 Å². The van der Waals surface area contributed by atoms with Crippen molar-refractivity contribution in [2.24, 2.45) is 11.0 Å². The second-order valence-corrected chi connectivity index (χ2v) is 7.93. The van der Waals surface area contributed by atoms with E-state index in [9.17, 15) is 9.59 Å². The smallest absolute Gasteiger partial charge is 0.243 e. The van der Waals surface area contributed by atoms with E-state index in [1.807, 2.05) is 30.3 Å². The molecule has 0 spiro atoms. The topological polar surface area (TPSA) is 65.0 Å². The normalized spacial score (nSPS) is 20.1. The van der Waals surface area contributed by atoms with E-state index in [1.54, 1.807) is 0 Å². The van der Waals surface area contributed by atoms with Gasteiger partial charge in [-0.3, -0.25) is 9.59 Å². The largest absolute Gasteiger partial charge is 0.356 e. The van der Waals surface area contributed by atoms with Gasteiger partial charge in [0.05, 0.1) is 12.3 Å². The highest BCUT2D eigenvalue weighted by molar-refractivity contribution is 6.02. The summed E-state index contributed by atoms with van der Waals surface area (Å²) in [6, 6.07) is 9.92. The maximum atomic E-state index is 12.3. The first-order valence-corrected chi connectivity index (χ1v) is 10.5. The van der Waals surface area contributed by atoms with Gasteiger partial charge in [0.2, 0.25) is 11.8 Å². The molecule has 6 nitrogen and oxygen atoms in total. The molecule has 152 valence electrons. The molecule has 1 atom stereocenters. The molecular weight excluding hydrogens is 352 g/mol. The predicted octanol–water partition coefficient (Wildman–Crippen LogP) is 2.64. The SMILES string of the molecule is CC1CCCN(CCCNC(=O)CCC(=O)N2CCC(c3ccccc3)=N2)C1. The number of hydrazone groups is 1. The van der Waals surface area contributed by atoms with Crippen molar-refractivity contribution < 1.29 is 9.59 Å². The number of carbonyl (C=O) groups excluding carboxylic acids is 2. The number of benzene rings is 1. The fourth-order valence-corrected chi connectivity index (χ4v) is 3.93. The number of likely N-dealkylation sites (tertiary alicyclic amines) is 1. The summed E-state index contributed by atoms with van der Waals surface area (Å²) in [6.45, 7) is 6.96. The van der Waals surface area contributed by atoms with Crippen molar-refractivity contribution in [2.75, 3.05) is 32.7 Å². The molecule has 28 heavy (non-hydrogen) atoms. The minimum atomic E-state index is -0.0802. The number of amides is 2. The lowest BCUT2D eigenvalue weighted by atomic mass is 10.0. The molecule has 0 aromatic heterocycles. The molecule has 1 aromatic carbocycles. The average molecular weight is 385 g/mol. The first kappa shape index (κ1) is 20.5. The van der Waals surface area contributed by atoms with E-state index < -0.39 is 0 Å². The number of nitrogens with zero attached hydrogens (tertiary/aromatic N) is 3. The lowest BCUT2D eigenvalue weighted by molar-refractivity contribution is -0.133. The van der Waals surface area contributed by atoms with Gasteiger partial charge in [0, 0.05) is 32.4 Å². The maximum Gasteiger partial charge on any atom is 0.243 e. The Balaban J connectivity index is 1.31. The molecule has 2 heterocycles. The summed E-state index contributed by atoms with van der Waals surface area (Å²) in [6.07, 6.45) is 4.77. The first-order chi connectivity index (χ1) is 13.6. The maximum absolute atomic E-state index is 12.3. The van der Waals surface area contributed by atoms with Crippen molar-refractivity contribution in [3.63, 3.8) is 0 Å². The van der Waals surface area contributed by atoms with Crippen LogP contribution >= 0.6 is 0 Å². The van der Waals surface area contributed by atoms with Gasteiger partial charge in [-0.15, -0.1) is 0 Å². The molecule has 1 fully saturated rings. The first-order valence-electron chi connectivity index (χ1n) is 10.5. The standard InChI is InChI=1S/C22H32N4O2/c1-18-7-5-14-25(17-18)15-6-13-23-21(27)10-11-22(28)26-16-12-20(24-26)19-8-3-2-4-9-19/h2-4,8-9,18H,5-7,10-17H2,1H3,(H,23,27). The van der Waals surface area contributed by atoms with Crippen LogP contribution in [-0.4, -0.2) is 60.2 Å². The van der Waals surface area contributed by atoms with Crippen molar-refractivity contribution in [1.29, 1.82) is 0 Å². The van der Waals surface area contributed by atoms with Crippen LogP contribution in [-0.2, 0) is 9.59 Å². The van der Waals surface area contributed by atoms with Gasteiger partial charge >= 0.3 is 0 Å². The minimum absolute atomic E-state index is 0.0492. The Morgan fingerprint density at radius 3 is 2.79 bits per heavy atom. The van der Waals surface area contributed by atoms with Crippen molar-refractivity contribution in [1.82, 2.24) is 15.2 Å². The Morgan fingerprint density at radius 1 is 1.18 bits per heavy atom. The highest BCUT2D eigenvalue weighted by Gasteiger charge is 2.22. The lowest BCUT2D eigenvalue weighted by Crippen LogP contribution is -2.36. The molecule has 0 aliphatic carbocycles. The van der Waals surface area contributed by atoms with E-state index in [1.165, 1.54) is 30.9 Å². The Bertz CT molecular complexity index is 689. The van der Waals surface area contributed by atoms with Crippen LogP contribution < -0.4 is 5.32 Å². The fourth-order valence-electron chi connectivity index (χ4n) is 3.93. The number of nitrogens with one attached hydrogen (secondary N) is 1. The van der Waals surface area contributed by atoms with Gasteiger partial charge in [-0.2, -0.15) is 5.10 Å². The zero-order chi connectivity index (χ0) is 19.8. The third kappa shape index (κ3) is 6.16. The Labute approximate surface area is 168 Å². The number of piperidine rings is 1. The van der Waals surface area contributed by atoms with Gasteiger partial charge < -0.3 is 10.2 Å². The van der Waals surface area contributed by atoms with Crippen molar-refractivity contribution in [2.45, 2.75) is 45.4 Å². The number of carbonyl (C=O) groups is 2. The second-order valence-electron chi connectivity index (χ2n) is 7.93. The van der Waals surface area contributed by atoms with Crippen LogP contribution in [0, 0.1) is 5.92 Å². The fraction of sp³-hybridized carbons (Fsp3) is 0.591. The predicted molar refractivity (Wildman–Crippen MR) is 111 cm³/mol. The zero-order valence-corrected chi connectivity index (χ0v) is 16.9. The van der Waals surface area contributed by atoms with Crippen LogP contribution in [0.4, 0.5) is 0 Å². The van der Waals surface area contributed by atoms with Crippen LogP contribution in [0.5, 0.6) is 0 Å². The minimum Gasteiger partial charge on any atom is -0.356 e. The van der Waals surface area contributed by atoms with Gasteiger partial charge in [-0.25, -0.2) is 5.01 Å². The van der Waals surface area contributed by atoms with Gasteiger partial charge in [-0.1, -0.05) is 37.3 Å². The van der Waals surface area contributed by atoms with Crippen LogP contribution in [0.2, 0.25) is 0 Å². The molecular formula is C22H32N4O2. The molecule has 0 radical (unpaired) electrons. The molecule has 6 heteroatoms. The Kier molecular flexibility index (Phi) is 7.60. The third-order valence-corrected chi connectivity index (χ3v) is 5.48. The van der Waals surface area contributed by atoms with E-state index in [2.05, 4.69) is 22.2 Å². The van der Waals surface area contributed by atoms with E-state index in [4.69, 9.17) is 0 Å². The highest BCUT2D eigenvalue weighted by atomic mass is 16.2. The quantitative estimate of drug-likeness (QED) is 0.701. The monoisotopic (exact) mass is 384 g/mol. The van der Waals surface area contributed by atoms with Crippen molar-refractivity contribution in [3.05, 3.63) is 35.9 Å². The second kappa shape index (κ2) is 10.4. The molecule has 3 rings (SSSR count). The van der Waals surface area contributed by atoms with E-state index in [0.29, 0.717) is 13.1 Å². The van der Waals surface area contributed by atoms with E-state index in [0.717, 1.165) is 36.6 Å². The molecule has 1 aromatic rings. The third-order valence-electron chi connectivity index (χ3n) is 5.48. The lowest BCUT2D eigenvalue weighted by Gasteiger charge is -2.30. The highest BCUT2D eigenvalue weighted by Crippen LogP contribution is 2.16. The molecule has 1 unspecified atom stereocenters. The molecule has 1 N–H and O–H groups in total. The summed E-state index contributed by atoms with van der Waals surface area (Å²) in [5.74, 6) is 0.653. The molecule has 2 amide bonds. The van der Waals surface area contributed by atoms with Gasteiger partial charge in [0.1, 0.15) is 0 Å². The molecule has 1 saturated heterocycles. The summed E-state index contributed by atoms with van der Waals surface area (Å²) < 4.78 is 0. The van der Waals surface area contributed by atoms with Gasteiger partial charge in [-0.05, 0) is 43.8 Å². The van der Waals surface area contributed by atoms with Crippen LogP contribution in [0.15, 0.2) is 35.4 Å². The summed E-state index contributed by atoms with van der Waals surface area (Å²) in [5, 5.41) is 8.88. The van der Waals surface area contributed by atoms with Gasteiger partial charge in [0.15, 0.2) is 0 Å². The van der Waals surface area contributed by atoms with Crippen molar-refractivity contribution in [3.8, 4) is 0 Å². The summed E-state index contributed by atoms with van der Waals surface area (Å²) >= 11 is 0. The summed E-state index contributed by atoms with van der Waals surface area (Å²) in [5.41, 5.74) is 1.99. The molecule has 0 bridgehead atoms.